The Morgan fingerprint density at radius 2 is 1.77 bits per heavy atom. The third-order valence-corrected chi connectivity index (χ3v) is 6.83. The summed E-state index contributed by atoms with van der Waals surface area (Å²) in [7, 11) is 0. The molecular weight excluding hydrogens is 502 g/mol. The van der Waals surface area contributed by atoms with E-state index in [0.717, 1.165) is 34.4 Å². The van der Waals surface area contributed by atoms with E-state index in [0.29, 0.717) is 31.7 Å². The van der Waals surface area contributed by atoms with E-state index in [-0.39, 0.29) is 24.1 Å². The third-order valence-electron chi connectivity index (χ3n) is 6.83. The Morgan fingerprint density at radius 3 is 2.62 bits per heavy atom. The van der Waals surface area contributed by atoms with E-state index in [4.69, 9.17) is 9.47 Å². The van der Waals surface area contributed by atoms with Crippen molar-refractivity contribution in [2.45, 2.75) is 6.54 Å². The normalized spacial score (nSPS) is 14.8. The molecule has 2 aliphatic rings. The number of piperazine rings is 1. The number of benzene rings is 3. The molecule has 2 aliphatic heterocycles. The van der Waals surface area contributed by atoms with E-state index in [1.165, 1.54) is 6.33 Å². The number of hydrogen-bond acceptors (Lipinski definition) is 10. The first-order valence-corrected chi connectivity index (χ1v) is 12.5. The average Bonchev–Trinajstić information content (AvgIpc) is 3.44. The Morgan fingerprint density at radius 1 is 0.974 bits per heavy atom. The molecule has 1 fully saturated rings. The number of carbonyl (C=O) groups is 1. The molecule has 4 aromatic rings. The van der Waals surface area contributed by atoms with Crippen LogP contribution in [0.4, 0.5) is 17.3 Å². The molecule has 0 unspecified atom stereocenters. The zero-order chi connectivity index (χ0) is 26.8. The number of aromatic nitrogens is 2. The number of fused-ring (bicyclic) bond motifs is 2. The number of carbonyl (C=O) groups excluding carboxylic acids is 1. The number of anilines is 2. The van der Waals surface area contributed by atoms with Crippen LogP contribution in [0.1, 0.15) is 15.9 Å². The third kappa shape index (κ3) is 4.97. The van der Waals surface area contributed by atoms with Crippen molar-refractivity contribution in [2.24, 2.45) is 0 Å². The molecule has 1 aromatic heterocycles. The van der Waals surface area contributed by atoms with Gasteiger partial charge in [-0.15, -0.1) is 0 Å². The zero-order valence-electron chi connectivity index (χ0n) is 20.9. The molecule has 2 N–H and O–H groups in total. The summed E-state index contributed by atoms with van der Waals surface area (Å²) < 4.78 is 10.8. The van der Waals surface area contributed by atoms with Crippen LogP contribution in [0.5, 0.6) is 11.5 Å². The quantitative estimate of drug-likeness (QED) is 0.272. The van der Waals surface area contributed by atoms with Gasteiger partial charge >= 0.3 is 5.69 Å². The first-order chi connectivity index (χ1) is 19.1. The molecule has 0 aliphatic carbocycles. The molecule has 1 amide bonds. The minimum Gasteiger partial charge on any atom is -0.454 e. The van der Waals surface area contributed by atoms with E-state index >= 15 is 0 Å². The highest BCUT2D eigenvalue weighted by atomic mass is 16.7. The molecule has 3 aromatic carbocycles. The van der Waals surface area contributed by atoms with Crippen molar-refractivity contribution in [3.8, 4) is 11.5 Å². The van der Waals surface area contributed by atoms with Gasteiger partial charge in [-0.25, -0.2) is 9.97 Å². The van der Waals surface area contributed by atoms with Gasteiger partial charge in [-0.05, 0) is 34.5 Å². The van der Waals surface area contributed by atoms with Crippen LogP contribution >= 0.6 is 0 Å². The van der Waals surface area contributed by atoms with E-state index in [1.807, 2.05) is 53.4 Å². The van der Waals surface area contributed by atoms with Gasteiger partial charge in [0.25, 0.3) is 5.91 Å². The summed E-state index contributed by atoms with van der Waals surface area (Å²) in [5.74, 6) is 1.19. The molecule has 12 heteroatoms. The first kappa shape index (κ1) is 24.4. The molecule has 0 atom stereocenters. The number of amides is 1. The minimum absolute atomic E-state index is 0.0821. The Hall–Kier alpha value is -4.97. The van der Waals surface area contributed by atoms with E-state index in [1.54, 1.807) is 12.1 Å². The number of ether oxygens (including phenoxy) is 2. The van der Waals surface area contributed by atoms with Gasteiger partial charge in [0.15, 0.2) is 11.5 Å². The number of nitro groups is 1. The highest BCUT2D eigenvalue weighted by molar-refractivity contribution is 6.07. The number of nitrogens with zero attached hydrogens (tertiary/aromatic N) is 5. The summed E-state index contributed by atoms with van der Waals surface area (Å²) in [6.07, 6.45) is 1.26. The predicted molar refractivity (Wildman–Crippen MR) is 144 cm³/mol. The summed E-state index contributed by atoms with van der Waals surface area (Å²) in [5, 5.41) is 13.8. The smallest absolute Gasteiger partial charge is 0.355 e. The van der Waals surface area contributed by atoms with Crippen LogP contribution in [0.3, 0.4) is 0 Å². The SMILES string of the molecule is O=C(NNc1ncnc(N2CCN(Cc3ccc4c(c3)OCO4)CC2)c1[N+](=O)[O-])c1cccc2ccccc12. The van der Waals surface area contributed by atoms with Gasteiger partial charge in [-0.1, -0.05) is 42.5 Å². The van der Waals surface area contributed by atoms with E-state index in [9.17, 15) is 14.9 Å². The molecule has 0 bridgehead atoms. The maximum atomic E-state index is 12.9. The van der Waals surface area contributed by atoms with Crippen LogP contribution in [0.25, 0.3) is 10.8 Å². The zero-order valence-corrected chi connectivity index (χ0v) is 20.9. The molecule has 39 heavy (non-hydrogen) atoms. The van der Waals surface area contributed by atoms with Crippen LogP contribution in [-0.4, -0.2) is 58.7 Å². The lowest BCUT2D eigenvalue weighted by Crippen LogP contribution is -2.46. The molecule has 6 rings (SSSR count). The monoisotopic (exact) mass is 527 g/mol. The largest absolute Gasteiger partial charge is 0.454 e. The fourth-order valence-corrected chi connectivity index (χ4v) is 4.88. The van der Waals surface area contributed by atoms with Crippen molar-refractivity contribution in [1.82, 2.24) is 20.3 Å². The molecule has 0 radical (unpaired) electrons. The molecule has 3 heterocycles. The second-order valence-corrected chi connectivity index (χ2v) is 9.21. The van der Waals surface area contributed by atoms with Crippen molar-refractivity contribution < 1.29 is 19.2 Å². The van der Waals surface area contributed by atoms with Crippen molar-refractivity contribution >= 4 is 34.0 Å². The number of hydrazine groups is 1. The molecule has 0 saturated carbocycles. The lowest BCUT2D eigenvalue weighted by Gasteiger charge is -2.35. The number of rotatable bonds is 7. The van der Waals surface area contributed by atoms with E-state index in [2.05, 4.69) is 25.7 Å². The maximum Gasteiger partial charge on any atom is 0.355 e. The van der Waals surface area contributed by atoms with Gasteiger partial charge in [0.05, 0.1) is 4.92 Å². The standard InChI is InChI=1S/C27H25N7O5/c35-27(21-7-3-5-19-4-1-2-6-20(19)21)31-30-25-24(34(36)37)26(29-16-28-25)33-12-10-32(11-13-33)15-18-8-9-22-23(14-18)39-17-38-22/h1-9,14,16H,10-13,15,17H2,(H,31,35)(H,28,29,30). The predicted octanol–water partition coefficient (Wildman–Crippen LogP) is 3.35. The van der Waals surface area contributed by atoms with Gasteiger partial charge in [-0.3, -0.25) is 30.7 Å². The molecule has 1 saturated heterocycles. The highest BCUT2D eigenvalue weighted by Gasteiger charge is 2.30. The number of nitrogens with one attached hydrogen (secondary N) is 2. The van der Waals surface area contributed by atoms with Gasteiger partial charge in [0.1, 0.15) is 6.33 Å². The van der Waals surface area contributed by atoms with Crippen molar-refractivity contribution in [1.29, 1.82) is 0 Å². The van der Waals surface area contributed by atoms with Crippen LogP contribution < -0.4 is 25.2 Å². The second kappa shape index (κ2) is 10.4. The topological polar surface area (TPSA) is 135 Å². The van der Waals surface area contributed by atoms with Gasteiger partial charge in [0, 0.05) is 38.3 Å². The Balaban J connectivity index is 1.14. The molecule has 198 valence electrons. The van der Waals surface area contributed by atoms with Crippen LogP contribution in [0.2, 0.25) is 0 Å². The Labute approximate surface area is 223 Å². The first-order valence-electron chi connectivity index (χ1n) is 12.5. The fraction of sp³-hybridized carbons (Fsp3) is 0.222. The average molecular weight is 528 g/mol. The summed E-state index contributed by atoms with van der Waals surface area (Å²) >= 11 is 0. The molecular formula is C27H25N7O5. The van der Waals surface area contributed by atoms with Gasteiger partial charge in [-0.2, -0.15) is 0 Å². The Bertz CT molecular complexity index is 1550. The van der Waals surface area contributed by atoms with Crippen molar-refractivity contribution in [3.05, 3.63) is 88.2 Å². The molecule has 0 spiro atoms. The van der Waals surface area contributed by atoms with Crippen LogP contribution in [0.15, 0.2) is 67.0 Å². The number of hydrogen-bond donors (Lipinski definition) is 2. The molecule has 12 nitrogen and oxygen atoms in total. The lowest BCUT2D eigenvalue weighted by molar-refractivity contribution is -0.383. The minimum atomic E-state index is -0.527. The lowest BCUT2D eigenvalue weighted by atomic mass is 10.0. The summed E-state index contributed by atoms with van der Waals surface area (Å²) in [6, 6.07) is 18.8. The van der Waals surface area contributed by atoms with Gasteiger partial charge < -0.3 is 14.4 Å². The van der Waals surface area contributed by atoms with Gasteiger partial charge in [0.2, 0.25) is 18.4 Å². The fourth-order valence-electron chi connectivity index (χ4n) is 4.88. The highest BCUT2D eigenvalue weighted by Crippen LogP contribution is 2.34. The second-order valence-electron chi connectivity index (χ2n) is 9.21. The van der Waals surface area contributed by atoms with Crippen LogP contribution in [-0.2, 0) is 6.54 Å². The maximum absolute atomic E-state index is 12.9. The Kier molecular flexibility index (Phi) is 6.51. The van der Waals surface area contributed by atoms with E-state index < -0.39 is 10.8 Å². The van der Waals surface area contributed by atoms with Crippen molar-refractivity contribution in [3.63, 3.8) is 0 Å². The summed E-state index contributed by atoms with van der Waals surface area (Å²) in [6.45, 7) is 3.43. The van der Waals surface area contributed by atoms with Crippen LogP contribution in [0, 0.1) is 10.1 Å². The van der Waals surface area contributed by atoms with Crippen molar-refractivity contribution in [2.75, 3.05) is 43.3 Å². The summed E-state index contributed by atoms with van der Waals surface area (Å²) in [5.41, 5.74) is 6.46. The summed E-state index contributed by atoms with van der Waals surface area (Å²) in [4.78, 5) is 36.9.